The molecule has 0 saturated carbocycles. The zero-order valence-corrected chi connectivity index (χ0v) is 14.7. The van der Waals surface area contributed by atoms with Crippen molar-refractivity contribution < 1.29 is 43.9 Å². The van der Waals surface area contributed by atoms with Crippen molar-refractivity contribution in [2.75, 3.05) is 0 Å². The molecular formula is C16H2F10Te. The van der Waals surface area contributed by atoms with E-state index >= 15 is 0 Å². The van der Waals surface area contributed by atoms with Crippen LogP contribution in [-0.4, -0.2) is 20.4 Å². The molecule has 1 heterocycles. The Kier molecular flexibility index (Phi) is 5.03. The van der Waals surface area contributed by atoms with Gasteiger partial charge in [0.1, 0.15) is 0 Å². The molecule has 3 rings (SSSR count). The van der Waals surface area contributed by atoms with Crippen LogP contribution in [0, 0.1) is 58.2 Å². The van der Waals surface area contributed by atoms with E-state index in [2.05, 4.69) is 0 Å². The summed E-state index contributed by atoms with van der Waals surface area (Å²) in [6, 6.07) is 1.63. The van der Waals surface area contributed by atoms with E-state index in [0.717, 1.165) is 12.1 Å². The van der Waals surface area contributed by atoms with Crippen molar-refractivity contribution >= 4 is 20.4 Å². The molecule has 27 heavy (non-hydrogen) atoms. The Morgan fingerprint density at radius 1 is 0.370 bits per heavy atom. The summed E-state index contributed by atoms with van der Waals surface area (Å²) in [6.07, 6.45) is 0. The van der Waals surface area contributed by atoms with Gasteiger partial charge in [0.2, 0.25) is 0 Å². The van der Waals surface area contributed by atoms with Gasteiger partial charge in [0.25, 0.3) is 0 Å². The van der Waals surface area contributed by atoms with Gasteiger partial charge in [-0.1, -0.05) is 0 Å². The number of rotatable bonds is 2. The molecule has 2 aromatic carbocycles. The van der Waals surface area contributed by atoms with Crippen LogP contribution in [0.15, 0.2) is 12.1 Å². The monoisotopic (exact) mass is 514 g/mol. The molecule has 0 aliphatic rings. The predicted octanol–water partition coefficient (Wildman–Crippen LogP) is 5.47. The molecule has 0 amide bonds. The molecule has 0 N–H and O–H groups in total. The standard InChI is InChI=1S/C16H2F10Te/c17-7-5(8(18)12(22)15(25)11(7)21)3-1-2-4(27-3)6-9(19)13(23)16(26)14(24)10(6)20/h1-2H. The zero-order valence-electron chi connectivity index (χ0n) is 12.3. The van der Waals surface area contributed by atoms with Crippen molar-refractivity contribution in [3.05, 3.63) is 70.3 Å². The molecular weight excluding hydrogens is 510 g/mol. The van der Waals surface area contributed by atoms with Crippen LogP contribution in [0.1, 0.15) is 0 Å². The van der Waals surface area contributed by atoms with Crippen molar-refractivity contribution in [2.24, 2.45) is 0 Å². The minimum absolute atomic E-state index is 0.466. The second-order valence-corrected chi connectivity index (χ2v) is 8.15. The molecule has 0 atom stereocenters. The fourth-order valence-electron chi connectivity index (χ4n) is 2.25. The second kappa shape index (κ2) is 6.87. The van der Waals surface area contributed by atoms with Gasteiger partial charge in [-0.15, -0.1) is 0 Å². The van der Waals surface area contributed by atoms with E-state index in [9.17, 15) is 43.9 Å². The quantitative estimate of drug-likeness (QED) is 0.185. The summed E-state index contributed by atoms with van der Waals surface area (Å²) >= 11 is -2.25. The average molecular weight is 512 g/mol. The van der Waals surface area contributed by atoms with Gasteiger partial charge < -0.3 is 0 Å². The number of benzene rings is 2. The van der Waals surface area contributed by atoms with Crippen LogP contribution in [0.4, 0.5) is 43.9 Å². The Labute approximate surface area is 153 Å². The Balaban J connectivity index is 2.25. The third kappa shape index (κ3) is 2.93. The van der Waals surface area contributed by atoms with Gasteiger partial charge in [0.15, 0.2) is 0 Å². The van der Waals surface area contributed by atoms with Crippen LogP contribution < -0.4 is 0 Å². The van der Waals surface area contributed by atoms with E-state index in [1.54, 1.807) is 0 Å². The SMILES string of the molecule is Fc1c(F)c(F)c(-c2ccc(-c3c(F)c(F)c(F)c(F)c3F)[te]2)c(F)c1F. The molecule has 0 spiro atoms. The first kappa shape index (κ1) is 19.8. The summed E-state index contributed by atoms with van der Waals surface area (Å²) < 4.78 is 134. The summed E-state index contributed by atoms with van der Waals surface area (Å²) in [5.41, 5.74) is -2.60. The maximum atomic E-state index is 13.8. The van der Waals surface area contributed by atoms with E-state index in [4.69, 9.17) is 0 Å². The first-order valence-corrected chi connectivity index (χ1v) is 9.04. The second-order valence-electron chi connectivity index (χ2n) is 5.05. The molecule has 1 aromatic heterocycles. The fraction of sp³-hybridized carbons (Fsp3) is 0. The molecule has 0 fully saturated rings. The third-order valence-electron chi connectivity index (χ3n) is 3.52. The van der Waals surface area contributed by atoms with Gasteiger partial charge in [-0.3, -0.25) is 0 Å². The average Bonchev–Trinajstić information content (AvgIpc) is 3.11. The van der Waals surface area contributed by atoms with Crippen LogP contribution in [0.5, 0.6) is 0 Å². The van der Waals surface area contributed by atoms with Crippen molar-refractivity contribution in [1.29, 1.82) is 0 Å². The third-order valence-corrected chi connectivity index (χ3v) is 6.72. The number of hydrogen-bond acceptors (Lipinski definition) is 0. The molecule has 0 radical (unpaired) electrons. The first-order valence-electron chi connectivity index (χ1n) is 6.71. The maximum absolute atomic E-state index is 13.8. The van der Waals surface area contributed by atoms with Crippen LogP contribution in [0.25, 0.3) is 18.3 Å². The van der Waals surface area contributed by atoms with Gasteiger partial charge in [-0.2, -0.15) is 0 Å². The molecule has 142 valence electrons. The summed E-state index contributed by atoms with van der Waals surface area (Å²) in [6.45, 7) is 0. The van der Waals surface area contributed by atoms with Gasteiger partial charge >= 0.3 is 153 Å². The van der Waals surface area contributed by atoms with Gasteiger partial charge in [0, 0.05) is 0 Å². The summed E-state index contributed by atoms with van der Waals surface area (Å²) in [4.78, 5) is 0. The fourth-order valence-corrected chi connectivity index (χ4v) is 5.31. The molecule has 0 bridgehead atoms. The van der Waals surface area contributed by atoms with Crippen molar-refractivity contribution in [3.63, 3.8) is 0 Å². The Morgan fingerprint density at radius 3 is 0.852 bits per heavy atom. The minimum atomic E-state index is -2.39. The number of halogens is 10. The zero-order chi connectivity index (χ0) is 20.2. The first-order chi connectivity index (χ1) is 12.6. The molecule has 0 unspecified atom stereocenters. The van der Waals surface area contributed by atoms with Crippen LogP contribution in [0.3, 0.4) is 0 Å². The van der Waals surface area contributed by atoms with Crippen LogP contribution in [-0.2, 0) is 0 Å². The van der Waals surface area contributed by atoms with Crippen molar-refractivity contribution in [1.82, 2.24) is 0 Å². The van der Waals surface area contributed by atoms with Gasteiger partial charge in [-0.25, -0.2) is 0 Å². The Morgan fingerprint density at radius 2 is 0.593 bits per heavy atom. The Hall–Kier alpha value is -1.99. The van der Waals surface area contributed by atoms with Crippen LogP contribution in [0.2, 0.25) is 0 Å². The van der Waals surface area contributed by atoms with Crippen LogP contribution >= 0.6 is 0 Å². The van der Waals surface area contributed by atoms with Gasteiger partial charge in [-0.05, 0) is 0 Å². The van der Waals surface area contributed by atoms with E-state index in [-0.39, 0.29) is 0 Å². The van der Waals surface area contributed by atoms with Crippen molar-refractivity contribution in [2.45, 2.75) is 0 Å². The normalized spacial score (nSPS) is 11.3. The summed E-state index contributed by atoms with van der Waals surface area (Å²) in [7, 11) is 0. The molecule has 0 saturated heterocycles. The molecule has 0 aliphatic carbocycles. The Bertz CT molecular complexity index is 944. The predicted molar refractivity (Wildman–Crippen MR) is 73.8 cm³/mol. The molecule has 3 aromatic rings. The summed E-state index contributed by atoms with van der Waals surface area (Å²) in [5, 5.41) is 0. The topological polar surface area (TPSA) is 0 Å². The molecule has 0 aliphatic heterocycles. The number of hydrogen-bond donors (Lipinski definition) is 0. The van der Waals surface area contributed by atoms with Gasteiger partial charge in [0.05, 0.1) is 0 Å². The molecule has 11 heteroatoms. The van der Waals surface area contributed by atoms with E-state index in [1.165, 1.54) is 0 Å². The van der Waals surface area contributed by atoms with E-state index in [0.29, 0.717) is 0 Å². The van der Waals surface area contributed by atoms with E-state index in [1.807, 2.05) is 0 Å². The summed E-state index contributed by atoms with van der Waals surface area (Å²) in [5.74, 6) is -22.3. The van der Waals surface area contributed by atoms with E-state index < -0.39 is 96.9 Å². The van der Waals surface area contributed by atoms with Crippen molar-refractivity contribution in [3.8, 4) is 18.3 Å². The molecule has 0 nitrogen and oxygen atoms in total.